The molecule has 2 aromatic rings. The predicted molar refractivity (Wildman–Crippen MR) is 91.3 cm³/mol. The average molecular weight is 328 g/mol. The molecule has 0 aromatic carbocycles. The third-order valence-corrected chi connectivity index (χ3v) is 5.04. The number of nitrogens with zero attached hydrogens (tertiary/aromatic N) is 2. The number of ketones is 1. The summed E-state index contributed by atoms with van der Waals surface area (Å²) in [5.41, 5.74) is 5.75. The van der Waals surface area contributed by atoms with E-state index in [0.717, 1.165) is 47.6 Å². The van der Waals surface area contributed by atoms with E-state index in [1.54, 1.807) is 0 Å². The highest BCUT2D eigenvalue weighted by molar-refractivity contribution is 6.02. The first-order valence-electron chi connectivity index (χ1n) is 8.35. The molecule has 2 aromatic heterocycles. The Kier molecular flexibility index (Phi) is 4.07. The molecule has 24 heavy (non-hydrogen) atoms. The van der Waals surface area contributed by atoms with E-state index in [4.69, 9.17) is 0 Å². The van der Waals surface area contributed by atoms with Gasteiger partial charge in [-0.1, -0.05) is 0 Å². The molecule has 6 nitrogen and oxygen atoms in total. The summed E-state index contributed by atoms with van der Waals surface area (Å²) in [6, 6.07) is 0.0417. The zero-order valence-electron chi connectivity index (χ0n) is 14.9. The molecule has 0 radical (unpaired) electrons. The average Bonchev–Trinajstić information content (AvgIpc) is 3.17. The van der Waals surface area contributed by atoms with Crippen LogP contribution in [0, 0.1) is 27.7 Å². The zero-order chi connectivity index (χ0) is 17.6. The Morgan fingerprint density at radius 2 is 1.88 bits per heavy atom. The summed E-state index contributed by atoms with van der Waals surface area (Å²) in [5.74, 6) is -0.0506. The molecule has 2 N–H and O–H groups in total. The lowest BCUT2D eigenvalue weighted by Gasteiger charge is -2.25. The van der Waals surface area contributed by atoms with Gasteiger partial charge in [-0.3, -0.25) is 14.7 Å². The molecule has 3 heterocycles. The Bertz CT molecular complexity index is 796. The number of aromatic amines is 2. The second-order valence-corrected chi connectivity index (χ2v) is 6.69. The number of rotatable bonds is 3. The van der Waals surface area contributed by atoms with Gasteiger partial charge in [0, 0.05) is 29.1 Å². The van der Waals surface area contributed by atoms with Gasteiger partial charge < -0.3 is 9.88 Å². The first kappa shape index (κ1) is 16.5. The first-order chi connectivity index (χ1) is 11.3. The second kappa shape index (κ2) is 5.92. The van der Waals surface area contributed by atoms with Crippen molar-refractivity contribution in [3.63, 3.8) is 0 Å². The van der Waals surface area contributed by atoms with Crippen LogP contribution in [0.1, 0.15) is 74.9 Å². The third-order valence-electron chi connectivity index (χ3n) is 5.04. The summed E-state index contributed by atoms with van der Waals surface area (Å²) in [7, 11) is 0. The lowest BCUT2D eigenvalue weighted by molar-refractivity contribution is 0.0729. The Balaban J connectivity index is 1.98. The maximum atomic E-state index is 13.1. The highest BCUT2D eigenvalue weighted by Crippen LogP contribution is 2.36. The molecular formula is C18H24N4O2. The van der Waals surface area contributed by atoms with Crippen molar-refractivity contribution in [2.24, 2.45) is 0 Å². The molecule has 0 aliphatic carbocycles. The van der Waals surface area contributed by atoms with Gasteiger partial charge in [-0.15, -0.1) is 0 Å². The van der Waals surface area contributed by atoms with Crippen molar-refractivity contribution in [2.75, 3.05) is 6.54 Å². The Morgan fingerprint density at radius 3 is 2.42 bits per heavy atom. The van der Waals surface area contributed by atoms with Crippen LogP contribution in [-0.2, 0) is 0 Å². The number of likely N-dealkylation sites (tertiary alicyclic amines) is 1. The van der Waals surface area contributed by atoms with Crippen LogP contribution in [0.5, 0.6) is 0 Å². The SMILES string of the molecule is CC(=O)c1c(C)[nH]c(C(=O)N2CCC[C@H]2c2c(C)n[nH]c2C)c1C. The van der Waals surface area contributed by atoms with Crippen molar-refractivity contribution in [1.29, 1.82) is 0 Å². The van der Waals surface area contributed by atoms with Crippen LogP contribution < -0.4 is 0 Å². The van der Waals surface area contributed by atoms with Gasteiger partial charge in [-0.2, -0.15) is 5.10 Å². The van der Waals surface area contributed by atoms with E-state index in [1.165, 1.54) is 6.92 Å². The predicted octanol–water partition coefficient (Wildman–Crippen LogP) is 3.15. The second-order valence-electron chi connectivity index (χ2n) is 6.69. The molecule has 0 spiro atoms. The minimum Gasteiger partial charge on any atom is -0.354 e. The maximum Gasteiger partial charge on any atom is 0.271 e. The van der Waals surface area contributed by atoms with Crippen LogP contribution in [-0.4, -0.2) is 38.3 Å². The molecule has 1 aliphatic rings. The number of carbonyl (C=O) groups excluding carboxylic acids is 2. The van der Waals surface area contributed by atoms with Crippen LogP contribution in [0.25, 0.3) is 0 Å². The Hall–Kier alpha value is -2.37. The monoisotopic (exact) mass is 328 g/mol. The molecular weight excluding hydrogens is 304 g/mol. The summed E-state index contributed by atoms with van der Waals surface area (Å²) in [6.07, 6.45) is 1.91. The number of amides is 1. The van der Waals surface area contributed by atoms with Crippen molar-refractivity contribution in [2.45, 2.75) is 53.5 Å². The van der Waals surface area contributed by atoms with Gasteiger partial charge in [0.2, 0.25) is 0 Å². The topological polar surface area (TPSA) is 81.8 Å². The van der Waals surface area contributed by atoms with Crippen molar-refractivity contribution >= 4 is 11.7 Å². The molecule has 128 valence electrons. The van der Waals surface area contributed by atoms with Gasteiger partial charge >= 0.3 is 0 Å². The molecule has 1 amide bonds. The summed E-state index contributed by atoms with van der Waals surface area (Å²) in [6.45, 7) is 9.90. The molecule has 0 bridgehead atoms. The molecule has 3 rings (SSSR count). The van der Waals surface area contributed by atoms with E-state index in [1.807, 2.05) is 32.6 Å². The molecule has 1 aliphatic heterocycles. The number of Topliss-reactive ketones (excluding diaryl/α,β-unsaturated/α-hetero) is 1. The van der Waals surface area contributed by atoms with Gasteiger partial charge in [-0.05, 0) is 53.0 Å². The fourth-order valence-corrected chi connectivity index (χ4v) is 4.00. The quantitative estimate of drug-likeness (QED) is 0.849. The van der Waals surface area contributed by atoms with Gasteiger partial charge in [-0.25, -0.2) is 0 Å². The largest absolute Gasteiger partial charge is 0.354 e. The summed E-state index contributed by atoms with van der Waals surface area (Å²) >= 11 is 0. The number of aromatic nitrogens is 3. The van der Waals surface area contributed by atoms with Crippen LogP contribution in [0.2, 0.25) is 0 Å². The maximum absolute atomic E-state index is 13.1. The van der Waals surface area contributed by atoms with Gasteiger partial charge in [0.25, 0.3) is 5.91 Å². The molecule has 0 saturated carbocycles. The fourth-order valence-electron chi connectivity index (χ4n) is 4.00. The number of aryl methyl sites for hydroxylation is 3. The standard InChI is InChI=1S/C18H24N4O2/c1-9-15(13(5)23)10(2)19-17(9)18(24)22-8-6-7-14(22)16-11(3)20-21-12(16)4/h14,19H,6-8H2,1-5H3,(H,20,21)/t14-/m0/s1. The number of nitrogens with one attached hydrogen (secondary N) is 2. The number of hydrogen-bond acceptors (Lipinski definition) is 3. The lowest BCUT2D eigenvalue weighted by atomic mass is 10.0. The highest BCUT2D eigenvalue weighted by Gasteiger charge is 2.35. The summed E-state index contributed by atoms with van der Waals surface area (Å²) in [5, 5.41) is 7.28. The minimum atomic E-state index is -0.0365. The van der Waals surface area contributed by atoms with Crippen LogP contribution in [0.15, 0.2) is 0 Å². The van der Waals surface area contributed by atoms with E-state index in [2.05, 4.69) is 15.2 Å². The van der Waals surface area contributed by atoms with E-state index in [9.17, 15) is 9.59 Å². The van der Waals surface area contributed by atoms with Crippen molar-refractivity contribution in [3.8, 4) is 0 Å². The van der Waals surface area contributed by atoms with E-state index < -0.39 is 0 Å². The highest BCUT2D eigenvalue weighted by atomic mass is 16.2. The van der Waals surface area contributed by atoms with Crippen molar-refractivity contribution in [3.05, 3.63) is 39.5 Å². The number of H-pyrrole nitrogens is 2. The van der Waals surface area contributed by atoms with E-state index in [0.29, 0.717) is 11.3 Å². The number of carbonyl (C=O) groups is 2. The molecule has 1 atom stereocenters. The van der Waals surface area contributed by atoms with Gasteiger partial charge in [0.1, 0.15) is 5.69 Å². The first-order valence-corrected chi connectivity index (χ1v) is 8.35. The van der Waals surface area contributed by atoms with Crippen molar-refractivity contribution < 1.29 is 9.59 Å². The fraction of sp³-hybridized carbons (Fsp3) is 0.500. The minimum absolute atomic E-state index is 0.0141. The van der Waals surface area contributed by atoms with E-state index in [-0.39, 0.29) is 17.7 Å². The third kappa shape index (κ3) is 2.46. The molecule has 0 unspecified atom stereocenters. The van der Waals surface area contributed by atoms with Gasteiger partial charge in [0.05, 0.1) is 11.7 Å². The molecule has 1 fully saturated rings. The Morgan fingerprint density at radius 1 is 1.17 bits per heavy atom. The smallest absolute Gasteiger partial charge is 0.271 e. The van der Waals surface area contributed by atoms with Crippen LogP contribution in [0.3, 0.4) is 0 Å². The Labute approximate surface area is 141 Å². The zero-order valence-corrected chi connectivity index (χ0v) is 14.9. The molecule has 6 heteroatoms. The molecule has 1 saturated heterocycles. The lowest BCUT2D eigenvalue weighted by Crippen LogP contribution is -2.31. The summed E-state index contributed by atoms with van der Waals surface area (Å²) in [4.78, 5) is 30.0. The van der Waals surface area contributed by atoms with Crippen LogP contribution in [0.4, 0.5) is 0 Å². The normalized spacial score (nSPS) is 17.5. The van der Waals surface area contributed by atoms with Gasteiger partial charge in [0.15, 0.2) is 5.78 Å². The summed E-state index contributed by atoms with van der Waals surface area (Å²) < 4.78 is 0. The van der Waals surface area contributed by atoms with Crippen LogP contribution >= 0.6 is 0 Å². The van der Waals surface area contributed by atoms with E-state index >= 15 is 0 Å². The van der Waals surface area contributed by atoms with Crippen molar-refractivity contribution in [1.82, 2.24) is 20.1 Å². The number of hydrogen-bond donors (Lipinski definition) is 2.